The molecule has 2 aromatic heterocycles. The first-order valence-corrected chi connectivity index (χ1v) is 11.6. The third-order valence-electron chi connectivity index (χ3n) is 5.46. The predicted molar refractivity (Wildman–Crippen MR) is 125 cm³/mol. The Bertz CT molecular complexity index is 1440. The number of primary sulfonamides is 1. The Labute approximate surface area is 187 Å². The fourth-order valence-electron chi connectivity index (χ4n) is 3.57. The number of hydrogen-bond acceptors (Lipinski definition) is 4. The van der Waals surface area contributed by atoms with E-state index in [0.29, 0.717) is 5.69 Å². The van der Waals surface area contributed by atoms with Gasteiger partial charge in [0.2, 0.25) is 15.9 Å². The fraction of sp³-hybridized carbons (Fsp3) is 0.167. The summed E-state index contributed by atoms with van der Waals surface area (Å²) in [6.45, 7) is 6.11. The summed E-state index contributed by atoms with van der Waals surface area (Å²) in [6.07, 6.45) is 2.02. The lowest BCUT2D eigenvalue weighted by Gasteiger charge is -2.09. The molecule has 0 unspecified atom stereocenters. The highest BCUT2D eigenvalue weighted by Crippen LogP contribution is 2.27. The van der Waals surface area contributed by atoms with Gasteiger partial charge in [-0.1, -0.05) is 12.1 Å². The van der Waals surface area contributed by atoms with Crippen molar-refractivity contribution in [3.8, 4) is 11.3 Å². The van der Waals surface area contributed by atoms with E-state index in [1.807, 2.05) is 35.7 Å². The number of imidazole rings is 1. The van der Waals surface area contributed by atoms with Crippen LogP contribution in [0.25, 0.3) is 16.9 Å². The second-order valence-corrected chi connectivity index (χ2v) is 9.49. The van der Waals surface area contributed by atoms with E-state index in [-0.39, 0.29) is 17.2 Å². The fourth-order valence-corrected chi connectivity index (χ4v) is 4.09. The third kappa shape index (κ3) is 4.42. The molecular weight excluding hydrogens is 424 g/mol. The molecule has 0 bridgehead atoms. The minimum absolute atomic E-state index is 0.00956. The summed E-state index contributed by atoms with van der Waals surface area (Å²) >= 11 is 0. The van der Waals surface area contributed by atoms with Crippen LogP contribution in [0, 0.1) is 20.8 Å². The summed E-state index contributed by atoms with van der Waals surface area (Å²) in [5.41, 5.74) is 7.19. The number of anilines is 1. The first kappa shape index (κ1) is 21.7. The van der Waals surface area contributed by atoms with Crippen LogP contribution < -0.4 is 10.5 Å². The maximum Gasteiger partial charge on any atom is 0.238 e. The van der Waals surface area contributed by atoms with Crippen LogP contribution in [0.2, 0.25) is 0 Å². The van der Waals surface area contributed by atoms with Crippen LogP contribution in [0.15, 0.2) is 65.7 Å². The number of sulfonamides is 1. The SMILES string of the molecule is Cc1ccn2c(CC(=O)Nc3ccc(S(N)(=O)=O)cc3)c(-c3ccc(C)c(C)c3)nc2c1. The molecule has 0 saturated carbocycles. The molecule has 0 radical (unpaired) electrons. The number of rotatable bonds is 5. The molecule has 0 spiro atoms. The lowest BCUT2D eigenvalue weighted by Crippen LogP contribution is -2.16. The molecule has 8 heteroatoms. The quantitative estimate of drug-likeness (QED) is 0.485. The molecule has 2 heterocycles. The van der Waals surface area contributed by atoms with Gasteiger partial charge in [0.25, 0.3) is 0 Å². The van der Waals surface area contributed by atoms with Crippen molar-refractivity contribution in [3.05, 3.63) is 83.2 Å². The highest BCUT2D eigenvalue weighted by atomic mass is 32.2. The zero-order chi connectivity index (χ0) is 23.0. The number of nitrogens with two attached hydrogens (primary N) is 1. The maximum absolute atomic E-state index is 12.9. The molecule has 7 nitrogen and oxygen atoms in total. The van der Waals surface area contributed by atoms with E-state index in [1.54, 1.807) is 0 Å². The maximum atomic E-state index is 12.9. The molecule has 0 aliphatic carbocycles. The number of nitrogens with zero attached hydrogens (tertiary/aromatic N) is 2. The predicted octanol–water partition coefficient (Wildman–Crippen LogP) is 3.76. The van der Waals surface area contributed by atoms with Crippen LogP contribution in [0.5, 0.6) is 0 Å². The molecule has 0 aliphatic rings. The number of carbonyl (C=O) groups excluding carboxylic acids is 1. The summed E-state index contributed by atoms with van der Waals surface area (Å²) in [6, 6.07) is 15.9. The minimum Gasteiger partial charge on any atom is -0.326 e. The van der Waals surface area contributed by atoms with Crippen LogP contribution >= 0.6 is 0 Å². The van der Waals surface area contributed by atoms with Gasteiger partial charge >= 0.3 is 0 Å². The average molecular weight is 449 g/mol. The third-order valence-corrected chi connectivity index (χ3v) is 6.38. The molecular formula is C24H24N4O3S. The van der Waals surface area contributed by atoms with Crippen LogP contribution in [-0.4, -0.2) is 23.7 Å². The molecule has 4 aromatic rings. The minimum atomic E-state index is -3.78. The summed E-state index contributed by atoms with van der Waals surface area (Å²) in [7, 11) is -3.78. The zero-order valence-electron chi connectivity index (χ0n) is 18.1. The molecule has 0 fully saturated rings. The zero-order valence-corrected chi connectivity index (χ0v) is 18.9. The van der Waals surface area contributed by atoms with Crippen molar-refractivity contribution in [2.45, 2.75) is 32.1 Å². The molecule has 32 heavy (non-hydrogen) atoms. The van der Waals surface area contributed by atoms with E-state index < -0.39 is 10.0 Å². The molecule has 2 aromatic carbocycles. The monoisotopic (exact) mass is 448 g/mol. The largest absolute Gasteiger partial charge is 0.326 e. The molecule has 0 aliphatic heterocycles. The number of pyridine rings is 1. The number of aryl methyl sites for hydroxylation is 3. The number of benzene rings is 2. The number of amides is 1. The van der Waals surface area contributed by atoms with E-state index >= 15 is 0 Å². The van der Waals surface area contributed by atoms with Crippen LogP contribution in [0.1, 0.15) is 22.4 Å². The highest BCUT2D eigenvalue weighted by Gasteiger charge is 2.18. The number of nitrogens with one attached hydrogen (secondary N) is 1. The number of hydrogen-bond donors (Lipinski definition) is 2. The standard InChI is InChI=1S/C24H24N4O3S/c1-15-10-11-28-21(14-23(29)26-19-6-8-20(9-7-19)32(25,30)31)24(27-22(28)12-15)18-5-4-16(2)17(3)13-18/h4-13H,14H2,1-3H3,(H,26,29)(H2,25,30,31). The first-order chi connectivity index (χ1) is 15.1. The number of fused-ring (bicyclic) bond motifs is 1. The van der Waals surface area contributed by atoms with E-state index in [9.17, 15) is 13.2 Å². The molecule has 0 saturated heterocycles. The molecule has 1 amide bonds. The summed E-state index contributed by atoms with van der Waals surface area (Å²) in [5.74, 6) is -0.235. The molecule has 0 atom stereocenters. The van der Waals surface area contributed by atoms with Gasteiger partial charge < -0.3 is 9.72 Å². The van der Waals surface area contributed by atoms with E-state index in [0.717, 1.165) is 33.7 Å². The average Bonchev–Trinajstić information content (AvgIpc) is 3.07. The number of aromatic nitrogens is 2. The van der Waals surface area contributed by atoms with Crippen molar-refractivity contribution in [1.29, 1.82) is 0 Å². The van der Waals surface area contributed by atoms with Crippen molar-refractivity contribution < 1.29 is 13.2 Å². The summed E-state index contributed by atoms with van der Waals surface area (Å²) in [4.78, 5) is 17.7. The Kier molecular flexibility index (Phi) is 5.58. The Morgan fingerprint density at radius 1 is 1.00 bits per heavy atom. The Morgan fingerprint density at radius 2 is 1.72 bits per heavy atom. The second kappa shape index (κ2) is 8.22. The van der Waals surface area contributed by atoms with E-state index in [2.05, 4.69) is 31.3 Å². The smallest absolute Gasteiger partial charge is 0.238 e. The van der Waals surface area contributed by atoms with Gasteiger partial charge in [-0.05, 0) is 79.9 Å². The molecule has 3 N–H and O–H groups in total. The summed E-state index contributed by atoms with van der Waals surface area (Å²) in [5, 5.41) is 7.95. The van der Waals surface area contributed by atoms with Crippen LogP contribution in [0.3, 0.4) is 0 Å². The van der Waals surface area contributed by atoms with Crippen molar-refractivity contribution in [3.63, 3.8) is 0 Å². The van der Waals surface area contributed by atoms with Crippen molar-refractivity contribution in [2.75, 3.05) is 5.32 Å². The number of carbonyl (C=O) groups is 1. The highest BCUT2D eigenvalue weighted by molar-refractivity contribution is 7.89. The lowest BCUT2D eigenvalue weighted by molar-refractivity contribution is -0.115. The van der Waals surface area contributed by atoms with Gasteiger partial charge in [0.05, 0.1) is 22.7 Å². The van der Waals surface area contributed by atoms with Gasteiger partial charge in [-0.15, -0.1) is 0 Å². The van der Waals surface area contributed by atoms with E-state index in [4.69, 9.17) is 10.1 Å². The van der Waals surface area contributed by atoms with Crippen LogP contribution in [0.4, 0.5) is 5.69 Å². The van der Waals surface area contributed by atoms with E-state index in [1.165, 1.54) is 29.8 Å². The molecule has 4 rings (SSSR count). The lowest BCUT2D eigenvalue weighted by atomic mass is 10.0. The van der Waals surface area contributed by atoms with Crippen molar-refractivity contribution in [2.24, 2.45) is 5.14 Å². The molecule has 164 valence electrons. The Balaban J connectivity index is 1.68. The van der Waals surface area contributed by atoms with Gasteiger partial charge in [0.1, 0.15) is 5.65 Å². The van der Waals surface area contributed by atoms with Gasteiger partial charge in [-0.2, -0.15) is 0 Å². The van der Waals surface area contributed by atoms with Gasteiger partial charge in [0.15, 0.2) is 0 Å². The topological polar surface area (TPSA) is 107 Å². The van der Waals surface area contributed by atoms with Crippen molar-refractivity contribution in [1.82, 2.24) is 9.38 Å². The Hall–Kier alpha value is -3.49. The summed E-state index contributed by atoms with van der Waals surface area (Å²) < 4.78 is 24.8. The van der Waals surface area contributed by atoms with Crippen molar-refractivity contribution >= 4 is 27.3 Å². The second-order valence-electron chi connectivity index (χ2n) is 7.93. The first-order valence-electron chi connectivity index (χ1n) is 10.1. The van der Waals surface area contributed by atoms with Crippen LogP contribution in [-0.2, 0) is 21.2 Å². The van der Waals surface area contributed by atoms with Gasteiger partial charge in [0, 0.05) is 17.4 Å². The normalized spacial score (nSPS) is 11.6. The van der Waals surface area contributed by atoms with Gasteiger partial charge in [-0.25, -0.2) is 18.5 Å². The van der Waals surface area contributed by atoms with Gasteiger partial charge in [-0.3, -0.25) is 4.79 Å². The Morgan fingerprint density at radius 3 is 2.38 bits per heavy atom.